The Morgan fingerprint density at radius 2 is 1.75 bits per heavy atom. The number of hydrogen-bond donors (Lipinski definition) is 2. The highest BCUT2D eigenvalue weighted by Crippen LogP contribution is 2.30. The molecule has 2 aliphatic carbocycles. The predicted octanol–water partition coefficient (Wildman–Crippen LogP) is 1.39. The molecule has 2 saturated carbocycles. The summed E-state index contributed by atoms with van der Waals surface area (Å²) in [6.07, 6.45) is 8.63. The third-order valence-corrected chi connectivity index (χ3v) is 7.78. The quantitative estimate of drug-likeness (QED) is 0.778. The molecule has 0 aromatic heterocycles. The third-order valence-electron chi connectivity index (χ3n) is 5.97. The van der Waals surface area contributed by atoms with Crippen molar-refractivity contribution in [1.82, 2.24) is 9.62 Å². The second-order valence-electron chi connectivity index (χ2n) is 7.83. The molecule has 24 heavy (non-hydrogen) atoms. The lowest BCUT2D eigenvalue weighted by molar-refractivity contribution is -0.136. The normalized spacial score (nSPS) is 28.4. The number of carbonyl (C=O) groups excluding carboxylic acids is 1. The summed E-state index contributed by atoms with van der Waals surface area (Å²) < 4.78 is 27.9. The monoisotopic (exact) mass is 358 g/mol. The lowest BCUT2D eigenvalue weighted by atomic mass is 10.0. The smallest absolute Gasteiger partial charge is 0.225 e. The van der Waals surface area contributed by atoms with E-state index in [1.165, 1.54) is 0 Å². The fraction of sp³-hybridized carbons (Fsp3) is 0.941. The Hall–Kier alpha value is -0.660. The fourth-order valence-electron chi connectivity index (χ4n) is 4.39. The molecule has 0 bridgehead atoms. The summed E-state index contributed by atoms with van der Waals surface area (Å²) >= 11 is 0. The summed E-state index contributed by atoms with van der Waals surface area (Å²) in [5, 5.41) is 9.79. The Balaban J connectivity index is 1.57. The Bertz CT molecular complexity index is 551. The second kappa shape index (κ2) is 7.30. The summed E-state index contributed by atoms with van der Waals surface area (Å²) in [5.41, 5.74) is -0.888. The van der Waals surface area contributed by atoms with Crippen LogP contribution in [0, 0.1) is 5.92 Å². The van der Waals surface area contributed by atoms with Crippen molar-refractivity contribution >= 4 is 15.9 Å². The Morgan fingerprint density at radius 3 is 2.42 bits per heavy atom. The minimum atomic E-state index is -3.50. The average molecular weight is 359 g/mol. The maximum atomic E-state index is 12.6. The van der Waals surface area contributed by atoms with Gasteiger partial charge in [-0.1, -0.05) is 25.7 Å². The number of aliphatic hydroxyl groups is 1. The number of nitrogens with zero attached hydrogens (tertiary/aromatic N) is 1. The zero-order chi connectivity index (χ0) is 17.2. The second-order valence-corrected chi connectivity index (χ2v) is 9.87. The molecule has 0 radical (unpaired) electrons. The first-order chi connectivity index (χ1) is 11.4. The largest absolute Gasteiger partial charge is 0.389 e. The fourth-order valence-corrected chi connectivity index (χ4v) is 5.94. The van der Waals surface area contributed by atoms with Crippen LogP contribution < -0.4 is 4.72 Å². The van der Waals surface area contributed by atoms with Crippen LogP contribution in [0.1, 0.15) is 64.2 Å². The molecule has 3 rings (SSSR count). The summed E-state index contributed by atoms with van der Waals surface area (Å²) in [6.45, 7) is 1.07. The van der Waals surface area contributed by atoms with Crippen LogP contribution in [0.15, 0.2) is 0 Å². The van der Waals surface area contributed by atoms with E-state index in [2.05, 4.69) is 4.72 Å². The van der Waals surface area contributed by atoms with Crippen LogP contribution >= 0.6 is 0 Å². The van der Waals surface area contributed by atoms with Gasteiger partial charge in [0.25, 0.3) is 0 Å². The van der Waals surface area contributed by atoms with Crippen molar-refractivity contribution in [2.24, 2.45) is 5.92 Å². The highest BCUT2D eigenvalue weighted by atomic mass is 32.2. The van der Waals surface area contributed by atoms with Gasteiger partial charge in [0, 0.05) is 25.6 Å². The van der Waals surface area contributed by atoms with Crippen LogP contribution in [0.3, 0.4) is 0 Å². The highest BCUT2D eigenvalue weighted by molar-refractivity contribution is 7.90. The van der Waals surface area contributed by atoms with Gasteiger partial charge in [0.05, 0.1) is 10.9 Å². The van der Waals surface area contributed by atoms with Crippen LogP contribution in [0.2, 0.25) is 0 Å². The molecule has 3 aliphatic rings. The van der Waals surface area contributed by atoms with Gasteiger partial charge in [-0.3, -0.25) is 4.79 Å². The van der Waals surface area contributed by atoms with Gasteiger partial charge >= 0.3 is 0 Å². The molecule has 0 unspecified atom stereocenters. The number of likely N-dealkylation sites (tertiary alicyclic amines) is 1. The molecule has 0 aromatic carbocycles. The van der Waals surface area contributed by atoms with Crippen LogP contribution in [-0.2, 0) is 14.8 Å². The zero-order valence-electron chi connectivity index (χ0n) is 14.4. The number of sulfonamides is 1. The van der Waals surface area contributed by atoms with Crippen molar-refractivity contribution in [2.75, 3.05) is 19.6 Å². The van der Waals surface area contributed by atoms with Gasteiger partial charge in [0.15, 0.2) is 0 Å². The summed E-state index contributed by atoms with van der Waals surface area (Å²) in [7, 11) is -3.50. The number of hydrogen-bond acceptors (Lipinski definition) is 4. The molecule has 6 nitrogen and oxygen atoms in total. The molecule has 0 aromatic rings. The standard InChI is InChI=1S/C17H30N2O4S/c20-16(14-6-1-2-7-14)19-11-5-8-15(12-19)24(22,23)18-13-17(21)9-3-4-10-17/h14-15,18,21H,1-13H2/t15-/m1/s1. The molecule has 1 saturated heterocycles. The van der Waals surface area contributed by atoms with Crippen LogP contribution in [0.4, 0.5) is 0 Å². The van der Waals surface area contributed by atoms with Crippen molar-refractivity contribution in [3.8, 4) is 0 Å². The Morgan fingerprint density at radius 1 is 1.08 bits per heavy atom. The van der Waals surface area contributed by atoms with E-state index in [0.29, 0.717) is 32.4 Å². The number of piperidine rings is 1. The molecule has 1 amide bonds. The van der Waals surface area contributed by atoms with Crippen LogP contribution in [-0.4, -0.2) is 54.8 Å². The Labute approximate surface area is 145 Å². The van der Waals surface area contributed by atoms with Crippen LogP contribution in [0.25, 0.3) is 0 Å². The molecular formula is C17H30N2O4S. The summed E-state index contributed by atoms with van der Waals surface area (Å²) in [6, 6.07) is 0. The van der Waals surface area contributed by atoms with E-state index < -0.39 is 20.9 Å². The van der Waals surface area contributed by atoms with Gasteiger partial charge in [-0.25, -0.2) is 13.1 Å². The first-order valence-electron chi connectivity index (χ1n) is 9.39. The number of rotatable bonds is 5. The van der Waals surface area contributed by atoms with Crippen LogP contribution in [0.5, 0.6) is 0 Å². The van der Waals surface area contributed by atoms with E-state index in [4.69, 9.17) is 0 Å². The van der Waals surface area contributed by atoms with Gasteiger partial charge in [0.1, 0.15) is 0 Å². The average Bonchev–Trinajstić information content (AvgIpc) is 3.25. The van der Waals surface area contributed by atoms with E-state index in [-0.39, 0.29) is 18.4 Å². The lowest BCUT2D eigenvalue weighted by Crippen LogP contribution is -2.51. The summed E-state index contributed by atoms with van der Waals surface area (Å²) in [4.78, 5) is 14.3. The number of amides is 1. The molecule has 1 aliphatic heterocycles. The molecule has 2 N–H and O–H groups in total. The van der Waals surface area contributed by atoms with E-state index in [1.54, 1.807) is 4.90 Å². The SMILES string of the molecule is O=C(C1CCCC1)N1CCC[C@@H](S(=O)(=O)NCC2(O)CCCC2)C1. The van der Waals surface area contributed by atoms with Gasteiger partial charge < -0.3 is 10.0 Å². The van der Waals surface area contributed by atoms with Crippen molar-refractivity contribution in [1.29, 1.82) is 0 Å². The molecule has 7 heteroatoms. The maximum absolute atomic E-state index is 12.6. The van der Waals surface area contributed by atoms with Gasteiger partial charge in [-0.05, 0) is 38.5 Å². The molecular weight excluding hydrogens is 328 g/mol. The Kier molecular flexibility index (Phi) is 5.52. The van der Waals surface area contributed by atoms with E-state index >= 15 is 0 Å². The highest BCUT2D eigenvalue weighted by Gasteiger charge is 2.38. The third kappa shape index (κ3) is 4.11. The maximum Gasteiger partial charge on any atom is 0.225 e. The van der Waals surface area contributed by atoms with Crippen molar-refractivity contribution in [2.45, 2.75) is 75.1 Å². The zero-order valence-corrected chi connectivity index (χ0v) is 15.2. The molecule has 138 valence electrons. The number of nitrogens with one attached hydrogen (secondary N) is 1. The topological polar surface area (TPSA) is 86.7 Å². The lowest BCUT2D eigenvalue weighted by Gasteiger charge is -2.34. The van der Waals surface area contributed by atoms with Crippen molar-refractivity contribution < 1.29 is 18.3 Å². The summed E-state index contributed by atoms with van der Waals surface area (Å²) in [5.74, 6) is 0.237. The van der Waals surface area contributed by atoms with Crippen molar-refractivity contribution in [3.63, 3.8) is 0 Å². The molecule has 3 fully saturated rings. The molecule has 1 heterocycles. The van der Waals surface area contributed by atoms with E-state index in [0.717, 1.165) is 44.9 Å². The first kappa shape index (κ1) is 18.1. The minimum absolute atomic E-state index is 0.0959. The van der Waals surface area contributed by atoms with Crippen molar-refractivity contribution in [3.05, 3.63) is 0 Å². The molecule has 0 spiro atoms. The predicted molar refractivity (Wildman–Crippen MR) is 91.9 cm³/mol. The van der Waals surface area contributed by atoms with Gasteiger partial charge in [0.2, 0.25) is 15.9 Å². The number of carbonyl (C=O) groups is 1. The van der Waals surface area contributed by atoms with E-state index in [1.807, 2.05) is 0 Å². The van der Waals surface area contributed by atoms with Gasteiger partial charge in [-0.2, -0.15) is 0 Å². The van der Waals surface area contributed by atoms with Gasteiger partial charge in [-0.15, -0.1) is 0 Å². The molecule has 1 atom stereocenters. The van der Waals surface area contributed by atoms with E-state index in [9.17, 15) is 18.3 Å². The first-order valence-corrected chi connectivity index (χ1v) is 10.9. The minimum Gasteiger partial charge on any atom is -0.389 e.